The Morgan fingerprint density at radius 2 is 2.20 bits per heavy atom. The molecule has 3 heteroatoms. The summed E-state index contributed by atoms with van der Waals surface area (Å²) >= 11 is 0. The van der Waals surface area contributed by atoms with Crippen molar-refractivity contribution in [1.82, 2.24) is 0 Å². The van der Waals surface area contributed by atoms with Gasteiger partial charge in [-0.2, -0.15) is 0 Å². The fourth-order valence-electron chi connectivity index (χ4n) is 1.00. The normalized spacial score (nSPS) is 41.7. The predicted molar refractivity (Wildman–Crippen MR) is 35.4 cm³/mol. The topological polar surface area (TPSA) is 18.5 Å². The highest BCUT2D eigenvalue weighted by atomic mass is 19.1. The smallest absolute Gasteiger partial charge is 0.155 e. The van der Waals surface area contributed by atoms with Crippen LogP contribution in [0.2, 0.25) is 0 Å². The van der Waals surface area contributed by atoms with Crippen molar-refractivity contribution < 1.29 is 13.9 Å². The van der Waals surface area contributed by atoms with Gasteiger partial charge in [0.1, 0.15) is 6.67 Å². The largest absolute Gasteiger partial charge is 0.353 e. The van der Waals surface area contributed by atoms with Gasteiger partial charge in [0.2, 0.25) is 0 Å². The van der Waals surface area contributed by atoms with Crippen molar-refractivity contribution in [3.8, 4) is 0 Å². The number of ether oxygens (including phenoxy) is 2. The van der Waals surface area contributed by atoms with Crippen LogP contribution in [-0.2, 0) is 9.47 Å². The number of alkyl halides is 1. The molecule has 0 aromatic heterocycles. The van der Waals surface area contributed by atoms with Crippen molar-refractivity contribution in [2.45, 2.75) is 26.2 Å². The lowest BCUT2D eigenvalue weighted by molar-refractivity contribution is -0.227. The fraction of sp³-hybridized carbons (Fsp3) is 1.00. The van der Waals surface area contributed by atoms with Gasteiger partial charge in [-0.15, -0.1) is 0 Å². The van der Waals surface area contributed by atoms with Crippen LogP contribution in [0.1, 0.15) is 13.8 Å². The van der Waals surface area contributed by atoms with Crippen LogP contribution < -0.4 is 0 Å². The lowest BCUT2D eigenvalue weighted by Crippen LogP contribution is -2.38. The molecule has 0 aromatic carbocycles. The summed E-state index contributed by atoms with van der Waals surface area (Å²) in [5, 5.41) is 0. The van der Waals surface area contributed by atoms with E-state index >= 15 is 0 Å². The highest BCUT2D eigenvalue weighted by Crippen LogP contribution is 2.17. The first kappa shape index (κ1) is 7.95. The Labute approximate surface area is 60.3 Å². The minimum absolute atomic E-state index is 0.182. The number of hydrogen-bond donors (Lipinski definition) is 0. The lowest BCUT2D eigenvalue weighted by Gasteiger charge is -2.31. The molecule has 1 rings (SSSR count). The van der Waals surface area contributed by atoms with E-state index in [-0.39, 0.29) is 18.3 Å². The van der Waals surface area contributed by atoms with Crippen molar-refractivity contribution in [3.63, 3.8) is 0 Å². The summed E-state index contributed by atoms with van der Waals surface area (Å²) in [5.74, 6) is 0.182. The summed E-state index contributed by atoms with van der Waals surface area (Å²) in [6.45, 7) is 3.91. The second-order valence-corrected chi connectivity index (χ2v) is 2.71. The zero-order valence-corrected chi connectivity index (χ0v) is 6.34. The molecule has 0 aliphatic carbocycles. The summed E-state index contributed by atoms with van der Waals surface area (Å²) in [6.07, 6.45) is -0.499. The molecule has 0 spiro atoms. The molecule has 1 fully saturated rings. The molecule has 1 aliphatic rings. The first-order valence-corrected chi connectivity index (χ1v) is 3.57. The van der Waals surface area contributed by atoms with Crippen LogP contribution in [0, 0.1) is 5.92 Å². The fourth-order valence-corrected chi connectivity index (χ4v) is 1.00. The third kappa shape index (κ3) is 1.67. The Bertz CT molecular complexity index is 108. The molecular weight excluding hydrogens is 135 g/mol. The molecule has 3 atom stereocenters. The molecule has 0 amide bonds. The Hall–Kier alpha value is -0.150. The Morgan fingerprint density at radius 1 is 1.50 bits per heavy atom. The molecule has 10 heavy (non-hydrogen) atoms. The maximum absolute atomic E-state index is 12.1. The standard InChI is InChI=1S/C7H13FO2/c1-5-4-9-6(2)10-7(5)3-8/h5-7H,3-4H2,1-2H3. The van der Waals surface area contributed by atoms with Crippen molar-refractivity contribution in [2.24, 2.45) is 5.92 Å². The molecule has 60 valence electrons. The quantitative estimate of drug-likeness (QED) is 0.559. The highest BCUT2D eigenvalue weighted by molar-refractivity contribution is 4.68. The maximum atomic E-state index is 12.1. The van der Waals surface area contributed by atoms with E-state index in [4.69, 9.17) is 9.47 Å². The average molecular weight is 148 g/mol. The lowest BCUT2D eigenvalue weighted by atomic mass is 10.1. The van der Waals surface area contributed by atoms with Gasteiger partial charge in [-0.3, -0.25) is 0 Å². The van der Waals surface area contributed by atoms with E-state index in [9.17, 15) is 4.39 Å². The second kappa shape index (κ2) is 3.30. The van der Waals surface area contributed by atoms with E-state index in [0.717, 1.165) is 0 Å². The minimum atomic E-state index is -0.408. The van der Waals surface area contributed by atoms with Crippen molar-refractivity contribution >= 4 is 0 Å². The van der Waals surface area contributed by atoms with Gasteiger partial charge in [0.15, 0.2) is 6.29 Å². The van der Waals surface area contributed by atoms with Gasteiger partial charge in [-0.05, 0) is 6.92 Å². The molecule has 0 N–H and O–H groups in total. The maximum Gasteiger partial charge on any atom is 0.155 e. The SMILES string of the molecule is CC1OCC(C)C(CF)O1. The predicted octanol–water partition coefficient (Wildman–Crippen LogP) is 1.35. The van der Waals surface area contributed by atoms with Crippen LogP contribution in [-0.4, -0.2) is 25.7 Å². The Balaban J connectivity index is 2.38. The Kier molecular flexibility index (Phi) is 2.63. The van der Waals surface area contributed by atoms with Gasteiger partial charge in [-0.1, -0.05) is 6.92 Å². The minimum Gasteiger partial charge on any atom is -0.353 e. The van der Waals surface area contributed by atoms with E-state index in [1.165, 1.54) is 0 Å². The molecule has 0 radical (unpaired) electrons. The van der Waals surface area contributed by atoms with Crippen LogP contribution in [0.15, 0.2) is 0 Å². The molecule has 0 bridgehead atoms. The van der Waals surface area contributed by atoms with E-state index in [1.54, 1.807) is 6.92 Å². The first-order chi connectivity index (χ1) is 4.74. The van der Waals surface area contributed by atoms with Gasteiger partial charge in [0.05, 0.1) is 12.7 Å². The third-order valence-electron chi connectivity index (χ3n) is 1.75. The van der Waals surface area contributed by atoms with Crippen LogP contribution >= 0.6 is 0 Å². The van der Waals surface area contributed by atoms with E-state index in [1.807, 2.05) is 6.92 Å². The zero-order chi connectivity index (χ0) is 7.56. The summed E-state index contributed by atoms with van der Waals surface area (Å²) < 4.78 is 22.4. The van der Waals surface area contributed by atoms with Crippen LogP contribution in [0.4, 0.5) is 4.39 Å². The van der Waals surface area contributed by atoms with Gasteiger partial charge >= 0.3 is 0 Å². The molecular formula is C7H13FO2. The van der Waals surface area contributed by atoms with Gasteiger partial charge in [0.25, 0.3) is 0 Å². The van der Waals surface area contributed by atoms with Crippen LogP contribution in [0.3, 0.4) is 0 Å². The van der Waals surface area contributed by atoms with Gasteiger partial charge in [0, 0.05) is 5.92 Å². The van der Waals surface area contributed by atoms with E-state index < -0.39 is 6.67 Å². The van der Waals surface area contributed by atoms with Crippen LogP contribution in [0.5, 0.6) is 0 Å². The number of halogens is 1. The van der Waals surface area contributed by atoms with Crippen molar-refractivity contribution in [3.05, 3.63) is 0 Å². The highest BCUT2D eigenvalue weighted by Gasteiger charge is 2.26. The van der Waals surface area contributed by atoms with Gasteiger partial charge < -0.3 is 9.47 Å². The molecule has 0 saturated carbocycles. The molecule has 3 unspecified atom stereocenters. The number of rotatable bonds is 1. The van der Waals surface area contributed by atoms with Gasteiger partial charge in [-0.25, -0.2) is 4.39 Å². The third-order valence-corrected chi connectivity index (χ3v) is 1.75. The number of hydrogen-bond acceptors (Lipinski definition) is 2. The monoisotopic (exact) mass is 148 g/mol. The molecule has 1 aliphatic heterocycles. The molecule has 2 nitrogen and oxygen atoms in total. The Morgan fingerprint density at radius 3 is 2.70 bits per heavy atom. The molecule has 0 aromatic rings. The average Bonchev–Trinajstić information content (AvgIpc) is 1.94. The molecule has 1 heterocycles. The zero-order valence-electron chi connectivity index (χ0n) is 6.34. The van der Waals surface area contributed by atoms with Crippen LogP contribution in [0.25, 0.3) is 0 Å². The summed E-state index contributed by atoms with van der Waals surface area (Å²) in [5.41, 5.74) is 0. The second-order valence-electron chi connectivity index (χ2n) is 2.71. The summed E-state index contributed by atoms with van der Waals surface area (Å²) in [6, 6.07) is 0. The summed E-state index contributed by atoms with van der Waals surface area (Å²) in [7, 11) is 0. The van der Waals surface area contributed by atoms with Crippen molar-refractivity contribution in [1.29, 1.82) is 0 Å². The molecule has 1 saturated heterocycles. The van der Waals surface area contributed by atoms with E-state index in [2.05, 4.69) is 0 Å². The van der Waals surface area contributed by atoms with Crippen molar-refractivity contribution in [2.75, 3.05) is 13.3 Å². The first-order valence-electron chi connectivity index (χ1n) is 3.57. The summed E-state index contributed by atoms with van der Waals surface area (Å²) in [4.78, 5) is 0. The van der Waals surface area contributed by atoms with E-state index in [0.29, 0.717) is 6.61 Å².